The summed E-state index contributed by atoms with van der Waals surface area (Å²) < 4.78 is 8.25. The van der Waals surface area contributed by atoms with E-state index in [1.807, 2.05) is 24.4 Å². The van der Waals surface area contributed by atoms with Crippen LogP contribution in [-0.2, 0) is 6.54 Å². The van der Waals surface area contributed by atoms with Crippen molar-refractivity contribution < 1.29 is 4.42 Å². The summed E-state index contributed by atoms with van der Waals surface area (Å²) in [5, 5.41) is 0.933. The minimum absolute atomic E-state index is 0.320. The Morgan fingerprint density at radius 3 is 2.94 bits per heavy atom. The zero-order chi connectivity index (χ0) is 12.5. The van der Waals surface area contributed by atoms with Gasteiger partial charge < -0.3 is 8.98 Å². The summed E-state index contributed by atoms with van der Waals surface area (Å²) in [5.41, 5.74) is 1.44. The molecule has 0 spiro atoms. The molecule has 1 aromatic carbocycles. The maximum Gasteiger partial charge on any atom is 0.336 e. The summed E-state index contributed by atoms with van der Waals surface area (Å²) in [4.78, 5) is 15.2. The van der Waals surface area contributed by atoms with Crippen LogP contribution in [0.3, 0.4) is 0 Å². The Morgan fingerprint density at radius 1 is 1.28 bits per heavy atom. The third kappa shape index (κ3) is 2.17. The number of nitrogens with zero attached hydrogens (tertiary/aromatic N) is 2. The Bertz CT molecular complexity index is 761. The van der Waals surface area contributed by atoms with E-state index in [-0.39, 0.29) is 5.63 Å². The summed E-state index contributed by atoms with van der Waals surface area (Å²) >= 11 is 2.25. The first-order chi connectivity index (χ1) is 8.72. The first-order valence-corrected chi connectivity index (χ1v) is 6.49. The highest BCUT2D eigenvalue weighted by atomic mass is 127. The molecule has 4 nitrogen and oxygen atoms in total. The minimum Gasteiger partial charge on any atom is -0.423 e. The Kier molecular flexibility index (Phi) is 2.91. The van der Waals surface area contributed by atoms with Crippen LogP contribution in [0, 0.1) is 3.70 Å². The predicted molar refractivity (Wildman–Crippen MR) is 76.5 cm³/mol. The summed E-state index contributed by atoms with van der Waals surface area (Å²) in [5.74, 6) is 0. The molecule has 0 bridgehead atoms. The van der Waals surface area contributed by atoms with Crippen LogP contribution < -0.4 is 5.63 Å². The van der Waals surface area contributed by atoms with Gasteiger partial charge in [0.05, 0.1) is 16.2 Å². The summed E-state index contributed by atoms with van der Waals surface area (Å²) in [7, 11) is 0. The average molecular weight is 352 g/mol. The van der Waals surface area contributed by atoms with Crippen molar-refractivity contribution >= 4 is 33.6 Å². The topological polar surface area (TPSA) is 48.0 Å². The second-order valence-electron chi connectivity index (χ2n) is 3.97. The highest BCUT2D eigenvalue weighted by Crippen LogP contribution is 2.16. The lowest BCUT2D eigenvalue weighted by Crippen LogP contribution is -2.00. The predicted octanol–water partition coefficient (Wildman–Crippen LogP) is 2.64. The molecule has 0 saturated heterocycles. The third-order valence-electron chi connectivity index (χ3n) is 2.70. The second-order valence-corrected chi connectivity index (χ2v) is 5.08. The van der Waals surface area contributed by atoms with Crippen molar-refractivity contribution in [1.29, 1.82) is 0 Å². The first kappa shape index (κ1) is 11.5. The molecule has 0 N–H and O–H groups in total. The number of hydrogen-bond donors (Lipinski definition) is 0. The van der Waals surface area contributed by atoms with Crippen molar-refractivity contribution in [1.82, 2.24) is 9.55 Å². The minimum atomic E-state index is -0.320. The lowest BCUT2D eigenvalue weighted by molar-refractivity contribution is 0.561. The number of hydrogen-bond acceptors (Lipinski definition) is 3. The number of halogens is 1. The largest absolute Gasteiger partial charge is 0.423 e. The van der Waals surface area contributed by atoms with Gasteiger partial charge in [0.1, 0.15) is 5.58 Å². The smallest absolute Gasteiger partial charge is 0.336 e. The van der Waals surface area contributed by atoms with Gasteiger partial charge in [0.2, 0.25) is 0 Å². The molecule has 0 fully saturated rings. The van der Waals surface area contributed by atoms with Gasteiger partial charge in [-0.1, -0.05) is 6.07 Å². The molecule has 3 rings (SSSR count). The second kappa shape index (κ2) is 4.56. The van der Waals surface area contributed by atoms with Gasteiger partial charge in [-0.15, -0.1) is 0 Å². The molecule has 0 aliphatic carbocycles. The van der Waals surface area contributed by atoms with Crippen LogP contribution in [0.5, 0.6) is 0 Å². The SMILES string of the molecule is O=c1ccc2cc(Cn3cncc3I)ccc2o1. The van der Waals surface area contributed by atoms with E-state index in [4.69, 9.17) is 4.42 Å². The Labute approximate surface area is 116 Å². The van der Waals surface area contributed by atoms with E-state index in [0.717, 1.165) is 21.2 Å². The molecule has 0 aliphatic heterocycles. The fourth-order valence-electron chi connectivity index (χ4n) is 1.84. The van der Waals surface area contributed by atoms with Crippen LogP contribution in [0.1, 0.15) is 5.56 Å². The number of aromatic nitrogens is 2. The molecular weight excluding hydrogens is 343 g/mol. The zero-order valence-corrected chi connectivity index (χ0v) is 11.5. The van der Waals surface area contributed by atoms with E-state index < -0.39 is 0 Å². The maximum atomic E-state index is 11.1. The van der Waals surface area contributed by atoms with Gasteiger partial charge in [0.15, 0.2) is 0 Å². The molecule has 2 heterocycles. The highest BCUT2D eigenvalue weighted by Gasteiger charge is 2.02. The molecule has 18 heavy (non-hydrogen) atoms. The molecule has 90 valence electrons. The zero-order valence-electron chi connectivity index (χ0n) is 9.34. The monoisotopic (exact) mass is 352 g/mol. The van der Waals surface area contributed by atoms with Gasteiger partial charge >= 0.3 is 5.63 Å². The van der Waals surface area contributed by atoms with Crippen LogP contribution in [0.25, 0.3) is 11.0 Å². The Hall–Kier alpha value is -1.63. The van der Waals surface area contributed by atoms with E-state index in [0.29, 0.717) is 5.58 Å². The molecule has 0 atom stereocenters. The fraction of sp³-hybridized carbons (Fsp3) is 0.0769. The molecule has 0 unspecified atom stereocenters. The van der Waals surface area contributed by atoms with E-state index in [1.54, 1.807) is 12.4 Å². The summed E-state index contributed by atoms with van der Waals surface area (Å²) in [6.07, 6.45) is 3.62. The third-order valence-corrected chi connectivity index (χ3v) is 3.60. The van der Waals surface area contributed by atoms with Gasteiger partial charge in [-0.2, -0.15) is 0 Å². The average Bonchev–Trinajstić information content (AvgIpc) is 2.75. The van der Waals surface area contributed by atoms with Crippen LogP contribution in [-0.4, -0.2) is 9.55 Å². The summed E-state index contributed by atoms with van der Waals surface area (Å²) in [6, 6.07) is 9.03. The summed E-state index contributed by atoms with van der Waals surface area (Å²) in [6.45, 7) is 0.757. The quantitative estimate of drug-likeness (QED) is 0.526. The molecule has 0 aliphatic rings. The van der Waals surface area contributed by atoms with E-state index >= 15 is 0 Å². The molecule has 0 amide bonds. The number of rotatable bonds is 2. The molecule has 2 aromatic heterocycles. The van der Waals surface area contributed by atoms with Crippen LogP contribution in [0.15, 0.2) is 52.1 Å². The maximum absolute atomic E-state index is 11.1. The molecule has 0 radical (unpaired) electrons. The van der Waals surface area contributed by atoms with Crippen LogP contribution in [0.4, 0.5) is 0 Å². The van der Waals surface area contributed by atoms with Gasteiger partial charge in [-0.05, 0) is 46.4 Å². The van der Waals surface area contributed by atoms with Gasteiger partial charge in [-0.3, -0.25) is 0 Å². The van der Waals surface area contributed by atoms with Crippen molar-refractivity contribution in [2.24, 2.45) is 0 Å². The highest BCUT2D eigenvalue weighted by molar-refractivity contribution is 14.1. The van der Waals surface area contributed by atoms with E-state index in [1.165, 1.54) is 6.07 Å². The van der Waals surface area contributed by atoms with Crippen molar-refractivity contribution in [3.8, 4) is 0 Å². The molecule has 5 heteroatoms. The number of benzene rings is 1. The van der Waals surface area contributed by atoms with Gasteiger partial charge in [0.25, 0.3) is 0 Å². The van der Waals surface area contributed by atoms with Gasteiger partial charge in [-0.25, -0.2) is 9.78 Å². The van der Waals surface area contributed by atoms with E-state index in [2.05, 4.69) is 32.1 Å². The van der Waals surface area contributed by atoms with Crippen molar-refractivity contribution in [3.05, 3.63) is 62.5 Å². The normalized spacial score (nSPS) is 10.9. The molecule has 3 aromatic rings. The van der Waals surface area contributed by atoms with Gasteiger partial charge in [0, 0.05) is 18.0 Å². The first-order valence-electron chi connectivity index (χ1n) is 5.41. The van der Waals surface area contributed by atoms with Crippen molar-refractivity contribution in [2.75, 3.05) is 0 Å². The van der Waals surface area contributed by atoms with Crippen LogP contribution in [0.2, 0.25) is 0 Å². The molecular formula is C13H9IN2O2. The lowest BCUT2D eigenvalue weighted by atomic mass is 10.1. The fourth-order valence-corrected chi connectivity index (χ4v) is 2.29. The van der Waals surface area contributed by atoms with Crippen molar-refractivity contribution in [3.63, 3.8) is 0 Å². The van der Waals surface area contributed by atoms with Crippen molar-refractivity contribution in [2.45, 2.75) is 6.54 Å². The van der Waals surface area contributed by atoms with Crippen LogP contribution >= 0.6 is 22.6 Å². The molecule has 0 saturated carbocycles. The number of fused-ring (bicyclic) bond motifs is 1. The Morgan fingerprint density at radius 2 is 2.17 bits per heavy atom. The standard InChI is InChI=1S/C13H9IN2O2/c14-12-6-15-8-16(12)7-9-1-3-11-10(5-9)2-4-13(17)18-11/h1-6,8H,7H2. The number of imidazole rings is 1. The van der Waals surface area contributed by atoms with E-state index in [9.17, 15) is 4.79 Å². The lowest BCUT2D eigenvalue weighted by Gasteiger charge is -2.05. The Balaban J connectivity index is 2.01.